The first kappa shape index (κ1) is 32.2. The van der Waals surface area contributed by atoms with Crippen molar-refractivity contribution in [1.82, 2.24) is 19.9 Å². The van der Waals surface area contributed by atoms with Crippen LogP contribution in [0.4, 0.5) is 0 Å². The molecule has 5 aromatic carbocycles. The van der Waals surface area contributed by atoms with Crippen molar-refractivity contribution in [2.24, 2.45) is 0 Å². The highest BCUT2D eigenvalue weighted by atomic mass is 32.1. The average molecular weight is 695 g/mol. The number of fused-ring (bicyclic) bond motifs is 6. The Kier molecular flexibility index (Phi) is 7.56. The Morgan fingerprint density at radius 1 is 0.538 bits per heavy atom. The van der Waals surface area contributed by atoms with Crippen molar-refractivity contribution in [1.29, 1.82) is 0 Å². The van der Waals surface area contributed by atoms with Crippen molar-refractivity contribution in [3.05, 3.63) is 145 Å². The van der Waals surface area contributed by atoms with Crippen LogP contribution in [0.5, 0.6) is 0 Å². The third-order valence-corrected chi connectivity index (χ3v) is 11.0. The van der Waals surface area contributed by atoms with E-state index in [1.807, 2.05) is 12.1 Å². The van der Waals surface area contributed by atoms with Gasteiger partial charge < -0.3 is 4.42 Å². The van der Waals surface area contributed by atoms with Crippen molar-refractivity contribution < 1.29 is 4.42 Å². The van der Waals surface area contributed by atoms with Crippen molar-refractivity contribution in [2.45, 2.75) is 51.9 Å². The quantitative estimate of drug-likeness (QED) is 0.173. The van der Waals surface area contributed by atoms with Crippen LogP contribution in [0.25, 0.3) is 76.0 Å². The fourth-order valence-corrected chi connectivity index (χ4v) is 8.21. The van der Waals surface area contributed by atoms with Gasteiger partial charge in [-0.3, -0.25) is 0 Å². The standard InChI is InChI=1S/C46H38N4OS/c1-45(2,3)43-47-37(32-23-21-30(22-24-32)29-14-8-6-9-15-29)41-39(49-43)33-25-20-28(26-35(33)51-41)27-46(4,5)44-48-38(31-16-10-7-11-17-31)42-40(50-44)34-18-12-13-19-36(34)52-42/h6-26H,27H2,1-5H3. The van der Waals surface area contributed by atoms with E-state index in [0.29, 0.717) is 5.58 Å². The molecule has 4 heterocycles. The molecule has 0 aliphatic carbocycles. The van der Waals surface area contributed by atoms with Crippen LogP contribution in [-0.2, 0) is 17.3 Å². The van der Waals surface area contributed by atoms with Gasteiger partial charge in [-0.2, -0.15) is 0 Å². The van der Waals surface area contributed by atoms with Crippen molar-refractivity contribution in [3.8, 4) is 33.6 Å². The van der Waals surface area contributed by atoms with Gasteiger partial charge in [-0.25, -0.2) is 19.9 Å². The second kappa shape index (κ2) is 12.2. The molecule has 0 fully saturated rings. The highest BCUT2D eigenvalue weighted by molar-refractivity contribution is 7.26. The van der Waals surface area contributed by atoms with Gasteiger partial charge in [0.25, 0.3) is 0 Å². The van der Waals surface area contributed by atoms with Gasteiger partial charge >= 0.3 is 0 Å². The van der Waals surface area contributed by atoms with Crippen LogP contribution in [-0.4, -0.2) is 19.9 Å². The van der Waals surface area contributed by atoms with E-state index in [4.69, 9.17) is 24.4 Å². The topological polar surface area (TPSA) is 64.7 Å². The zero-order valence-corrected chi connectivity index (χ0v) is 30.8. The molecule has 0 unspecified atom stereocenters. The third-order valence-electron chi connectivity index (χ3n) is 9.83. The summed E-state index contributed by atoms with van der Waals surface area (Å²) in [6, 6.07) is 44.5. The molecule has 0 saturated heterocycles. The van der Waals surface area contributed by atoms with E-state index in [1.165, 1.54) is 15.6 Å². The number of hydrogen-bond donors (Lipinski definition) is 0. The first-order valence-electron chi connectivity index (χ1n) is 17.8. The molecule has 9 rings (SSSR count). The summed E-state index contributed by atoms with van der Waals surface area (Å²) in [5.41, 5.74) is 10.1. The molecule has 4 aromatic heterocycles. The molecule has 0 spiro atoms. The molecule has 0 aliphatic rings. The van der Waals surface area contributed by atoms with Gasteiger partial charge in [0.2, 0.25) is 0 Å². The lowest BCUT2D eigenvalue weighted by atomic mass is 9.84. The summed E-state index contributed by atoms with van der Waals surface area (Å²) >= 11 is 1.76. The maximum Gasteiger partial charge on any atom is 0.180 e. The molecule has 9 aromatic rings. The normalized spacial score (nSPS) is 12.4. The van der Waals surface area contributed by atoms with Gasteiger partial charge in [0.05, 0.1) is 15.9 Å². The molecule has 52 heavy (non-hydrogen) atoms. The predicted octanol–water partition coefficient (Wildman–Crippen LogP) is 12.4. The highest BCUT2D eigenvalue weighted by Crippen LogP contribution is 2.41. The zero-order valence-electron chi connectivity index (χ0n) is 29.9. The number of hydrogen-bond acceptors (Lipinski definition) is 6. The molecule has 0 N–H and O–H groups in total. The Morgan fingerprint density at radius 3 is 1.87 bits per heavy atom. The second-order valence-electron chi connectivity index (χ2n) is 15.3. The van der Waals surface area contributed by atoms with Crippen LogP contribution in [0, 0.1) is 0 Å². The summed E-state index contributed by atoms with van der Waals surface area (Å²) in [5.74, 6) is 1.62. The fourth-order valence-electron chi connectivity index (χ4n) is 7.05. The van der Waals surface area contributed by atoms with E-state index >= 15 is 0 Å². The lowest BCUT2D eigenvalue weighted by Crippen LogP contribution is -2.24. The molecule has 0 aliphatic heterocycles. The lowest BCUT2D eigenvalue weighted by Gasteiger charge is -2.24. The fraction of sp³-hybridized carbons (Fsp3) is 0.174. The van der Waals surface area contributed by atoms with E-state index in [1.54, 1.807) is 11.3 Å². The number of furan rings is 1. The molecular weight excluding hydrogens is 657 g/mol. The van der Waals surface area contributed by atoms with E-state index in [9.17, 15) is 0 Å². The molecule has 0 radical (unpaired) electrons. The molecular formula is C46H38N4OS. The Bertz CT molecular complexity index is 2760. The minimum Gasteiger partial charge on any atom is -0.452 e. The summed E-state index contributed by atoms with van der Waals surface area (Å²) in [6.45, 7) is 10.9. The lowest BCUT2D eigenvalue weighted by molar-refractivity contribution is 0.489. The van der Waals surface area contributed by atoms with Crippen LogP contribution in [0.15, 0.2) is 132 Å². The first-order valence-corrected chi connectivity index (χ1v) is 18.6. The van der Waals surface area contributed by atoms with Gasteiger partial charge in [-0.15, -0.1) is 11.3 Å². The monoisotopic (exact) mass is 694 g/mol. The number of nitrogens with zero attached hydrogens (tertiary/aromatic N) is 4. The number of thiophene rings is 1. The Morgan fingerprint density at radius 2 is 1.13 bits per heavy atom. The van der Waals surface area contributed by atoms with Crippen LogP contribution < -0.4 is 0 Å². The largest absolute Gasteiger partial charge is 0.452 e. The first-order chi connectivity index (χ1) is 25.1. The smallest absolute Gasteiger partial charge is 0.180 e. The second-order valence-corrected chi connectivity index (χ2v) is 16.4. The van der Waals surface area contributed by atoms with Gasteiger partial charge in [0, 0.05) is 37.4 Å². The zero-order chi connectivity index (χ0) is 35.6. The van der Waals surface area contributed by atoms with Crippen molar-refractivity contribution >= 4 is 53.7 Å². The van der Waals surface area contributed by atoms with Gasteiger partial charge in [0.1, 0.15) is 28.4 Å². The van der Waals surface area contributed by atoms with Gasteiger partial charge in [0.15, 0.2) is 5.58 Å². The Hall–Kier alpha value is -5.72. The van der Waals surface area contributed by atoms with Crippen LogP contribution in [0.3, 0.4) is 0 Å². The van der Waals surface area contributed by atoms with E-state index in [0.717, 1.165) is 78.4 Å². The van der Waals surface area contributed by atoms with E-state index in [2.05, 4.69) is 150 Å². The number of aromatic nitrogens is 4. The van der Waals surface area contributed by atoms with Gasteiger partial charge in [-0.05, 0) is 41.3 Å². The third kappa shape index (κ3) is 5.64. The number of rotatable bonds is 6. The summed E-state index contributed by atoms with van der Waals surface area (Å²) in [4.78, 5) is 20.8. The number of benzene rings is 5. The van der Waals surface area contributed by atoms with E-state index in [-0.39, 0.29) is 10.8 Å². The van der Waals surface area contributed by atoms with Crippen molar-refractivity contribution in [3.63, 3.8) is 0 Å². The highest BCUT2D eigenvalue weighted by Gasteiger charge is 2.29. The molecule has 0 atom stereocenters. The molecule has 0 bridgehead atoms. The maximum absolute atomic E-state index is 6.70. The minimum atomic E-state index is -0.370. The summed E-state index contributed by atoms with van der Waals surface area (Å²) in [6.07, 6.45) is 0.731. The minimum absolute atomic E-state index is 0.242. The summed E-state index contributed by atoms with van der Waals surface area (Å²) in [7, 11) is 0. The molecule has 0 amide bonds. The Labute approximate surface area is 307 Å². The summed E-state index contributed by atoms with van der Waals surface area (Å²) < 4.78 is 9.04. The van der Waals surface area contributed by atoms with Crippen molar-refractivity contribution in [2.75, 3.05) is 0 Å². The summed E-state index contributed by atoms with van der Waals surface area (Å²) in [5, 5.41) is 2.16. The molecule has 0 saturated carbocycles. The van der Waals surface area contributed by atoms with Crippen LogP contribution in [0.2, 0.25) is 0 Å². The maximum atomic E-state index is 6.70. The van der Waals surface area contributed by atoms with Crippen LogP contribution in [0.1, 0.15) is 51.8 Å². The molecule has 254 valence electrons. The van der Waals surface area contributed by atoms with Gasteiger partial charge in [-0.1, -0.05) is 144 Å². The van der Waals surface area contributed by atoms with Crippen LogP contribution >= 0.6 is 11.3 Å². The van der Waals surface area contributed by atoms with E-state index < -0.39 is 0 Å². The predicted molar refractivity (Wildman–Crippen MR) is 216 cm³/mol. The Balaban J connectivity index is 1.13. The molecule has 5 nitrogen and oxygen atoms in total. The molecule has 6 heteroatoms. The average Bonchev–Trinajstić information content (AvgIpc) is 3.72. The SMILES string of the molecule is CC(C)(C)c1nc(-c2ccc(-c3ccccc3)cc2)c2oc3cc(CC(C)(C)c4nc(-c5ccccc5)c5sc6ccccc6c5n4)ccc3c2n1.